The van der Waals surface area contributed by atoms with E-state index in [-0.39, 0.29) is 11.8 Å². The molecule has 2 unspecified atom stereocenters. The number of carbonyl (C=O) groups is 2. The molecule has 1 aliphatic rings. The van der Waals surface area contributed by atoms with Gasteiger partial charge in [0.15, 0.2) is 0 Å². The first-order valence-electron chi connectivity index (χ1n) is 12.3. The van der Waals surface area contributed by atoms with Crippen LogP contribution in [0.4, 0.5) is 5.69 Å². The zero-order valence-corrected chi connectivity index (χ0v) is 20.6. The largest absolute Gasteiger partial charge is 0.354 e. The molecular weight excluding hydrogens is 460 g/mol. The fraction of sp³-hybridized carbons (Fsp3) is 0.129. The first-order valence-corrected chi connectivity index (χ1v) is 12.3. The van der Waals surface area contributed by atoms with E-state index >= 15 is 0 Å². The van der Waals surface area contributed by atoms with Gasteiger partial charge in [0.05, 0.1) is 23.6 Å². The van der Waals surface area contributed by atoms with Crippen LogP contribution in [0.2, 0.25) is 0 Å². The zero-order chi connectivity index (χ0) is 25.5. The number of H-pyrrole nitrogens is 1. The number of pyridine rings is 1. The maximum atomic E-state index is 13.9. The number of rotatable bonds is 5. The number of nitrogens with one attached hydrogen (secondary N) is 2. The lowest BCUT2D eigenvalue weighted by atomic mass is 9.92. The first kappa shape index (κ1) is 22.7. The number of amides is 2. The van der Waals surface area contributed by atoms with Gasteiger partial charge in [-0.25, -0.2) is 0 Å². The van der Waals surface area contributed by atoms with Crippen molar-refractivity contribution in [2.24, 2.45) is 0 Å². The fourth-order valence-corrected chi connectivity index (χ4v) is 5.24. The highest BCUT2D eigenvalue weighted by Gasteiger charge is 2.44. The number of benzene rings is 3. The molecule has 3 heterocycles. The number of nitrogens with zero attached hydrogens (tertiary/aromatic N) is 2. The summed E-state index contributed by atoms with van der Waals surface area (Å²) in [7, 11) is 0. The Labute approximate surface area is 215 Å². The van der Waals surface area contributed by atoms with E-state index in [0.717, 1.165) is 33.3 Å². The quantitative estimate of drug-likeness (QED) is 0.315. The molecule has 3 aromatic carbocycles. The molecule has 0 saturated heterocycles. The predicted molar refractivity (Wildman–Crippen MR) is 145 cm³/mol. The van der Waals surface area contributed by atoms with Crippen molar-refractivity contribution in [1.29, 1.82) is 0 Å². The van der Waals surface area contributed by atoms with E-state index in [1.807, 2.05) is 42.5 Å². The Morgan fingerprint density at radius 1 is 0.973 bits per heavy atom. The van der Waals surface area contributed by atoms with Gasteiger partial charge in [-0.1, -0.05) is 66.2 Å². The SMILES string of the molecule is Cc1ccc(-c2[nH]c3ccccc3c2C2c3ccccc3C(=O)N2C(C)C(=O)Nc2cccnc2)cc1. The molecule has 2 atom stereocenters. The second-order valence-corrected chi connectivity index (χ2v) is 9.43. The number of aromatic nitrogens is 2. The third-order valence-corrected chi connectivity index (χ3v) is 7.08. The highest BCUT2D eigenvalue weighted by atomic mass is 16.2. The summed E-state index contributed by atoms with van der Waals surface area (Å²) in [5.74, 6) is -0.426. The van der Waals surface area contributed by atoms with Gasteiger partial charge in [-0.15, -0.1) is 0 Å². The number of aryl methyl sites for hydroxylation is 1. The molecule has 5 aromatic rings. The summed E-state index contributed by atoms with van der Waals surface area (Å²) >= 11 is 0. The average Bonchev–Trinajstić information content (AvgIpc) is 3.44. The fourth-order valence-electron chi connectivity index (χ4n) is 5.24. The third kappa shape index (κ3) is 3.87. The van der Waals surface area contributed by atoms with Crippen molar-refractivity contribution < 1.29 is 9.59 Å². The maximum absolute atomic E-state index is 13.9. The van der Waals surface area contributed by atoms with Crippen LogP contribution in [0.1, 0.15) is 40.0 Å². The van der Waals surface area contributed by atoms with Crippen LogP contribution in [0, 0.1) is 6.92 Å². The molecule has 0 aliphatic carbocycles. The Morgan fingerprint density at radius 2 is 1.73 bits per heavy atom. The Bertz CT molecular complexity index is 1620. The number of aromatic amines is 1. The lowest BCUT2D eigenvalue weighted by Gasteiger charge is -2.31. The summed E-state index contributed by atoms with van der Waals surface area (Å²) in [6, 6.07) is 26.5. The molecule has 6 nitrogen and oxygen atoms in total. The summed E-state index contributed by atoms with van der Waals surface area (Å²) in [4.78, 5) is 36.7. The van der Waals surface area contributed by atoms with E-state index < -0.39 is 12.1 Å². The standard InChI is InChI=1S/C31H26N4O2/c1-19-13-15-21(16-14-19)28-27(25-11-5-6-12-26(25)34-28)29-23-9-3-4-10-24(23)31(37)35(29)20(2)30(36)33-22-8-7-17-32-18-22/h3-18,20,29,34H,1-2H3,(H,33,36). The molecule has 2 N–H and O–H groups in total. The van der Waals surface area contributed by atoms with Crippen molar-refractivity contribution in [2.45, 2.75) is 25.9 Å². The number of fused-ring (bicyclic) bond motifs is 2. The third-order valence-electron chi connectivity index (χ3n) is 7.08. The molecule has 0 spiro atoms. The first-order chi connectivity index (χ1) is 18.0. The molecular formula is C31H26N4O2. The minimum absolute atomic E-state index is 0.158. The Kier molecular flexibility index (Phi) is 5.57. The van der Waals surface area contributed by atoms with Gasteiger partial charge in [0.2, 0.25) is 5.91 Å². The number of hydrogen-bond donors (Lipinski definition) is 2. The molecule has 6 rings (SSSR count). The van der Waals surface area contributed by atoms with Crippen LogP contribution in [0.5, 0.6) is 0 Å². The number of para-hydroxylation sites is 1. The van der Waals surface area contributed by atoms with E-state index in [4.69, 9.17) is 0 Å². The zero-order valence-electron chi connectivity index (χ0n) is 20.6. The molecule has 6 heteroatoms. The van der Waals surface area contributed by atoms with Gasteiger partial charge in [0.25, 0.3) is 5.91 Å². The summed E-state index contributed by atoms with van der Waals surface area (Å²) in [6.07, 6.45) is 3.25. The topological polar surface area (TPSA) is 78.1 Å². The second kappa shape index (κ2) is 9.06. The van der Waals surface area contributed by atoms with Gasteiger partial charge < -0.3 is 15.2 Å². The van der Waals surface area contributed by atoms with Crippen molar-refractivity contribution in [3.8, 4) is 11.3 Å². The Morgan fingerprint density at radius 3 is 2.51 bits per heavy atom. The minimum atomic E-state index is -0.732. The highest BCUT2D eigenvalue weighted by Crippen LogP contribution is 2.46. The Balaban J connectivity index is 1.52. The van der Waals surface area contributed by atoms with Crippen LogP contribution in [0.15, 0.2) is 97.3 Å². The summed E-state index contributed by atoms with van der Waals surface area (Å²) in [6.45, 7) is 3.84. The summed E-state index contributed by atoms with van der Waals surface area (Å²) in [5, 5.41) is 3.94. The van der Waals surface area contributed by atoms with Gasteiger partial charge >= 0.3 is 0 Å². The molecule has 2 amide bonds. The van der Waals surface area contributed by atoms with Gasteiger partial charge in [-0.3, -0.25) is 14.6 Å². The summed E-state index contributed by atoms with van der Waals surface area (Å²) < 4.78 is 0. The van der Waals surface area contributed by atoms with Crippen LogP contribution >= 0.6 is 0 Å². The van der Waals surface area contributed by atoms with Crippen molar-refractivity contribution >= 4 is 28.4 Å². The van der Waals surface area contributed by atoms with Gasteiger partial charge in [-0.05, 0) is 49.2 Å². The monoisotopic (exact) mass is 486 g/mol. The normalized spacial score (nSPS) is 15.6. The molecule has 1 aliphatic heterocycles. The van der Waals surface area contributed by atoms with E-state index in [0.29, 0.717) is 11.3 Å². The minimum Gasteiger partial charge on any atom is -0.354 e. The van der Waals surface area contributed by atoms with E-state index in [1.165, 1.54) is 5.56 Å². The number of anilines is 1. The molecule has 0 fully saturated rings. The molecule has 37 heavy (non-hydrogen) atoms. The Hall–Kier alpha value is -4.71. The van der Waals surface area contributed by atoms with Gasteiger partial charge in [0.1, 0.15) is 6.04 Å². The molecule has 2 aromatic heterocycles. The van der Waals surface area contributed by atoms with Crippen molar-refractivity contribution in [3.05, 3.63) is 120 Å². The maximum Gasteiger partial charge on any atom is 0.255 e. The van der Waals surface area contributed by atoms with Crippen molar-refractivity contribution in [1.82, 2.24) is 14.9 Å². The molecule has 0 radical (unpaired) electrons. The average molecular weight is 487 g/mol. The van der Waals surface area contributed by atoms with Crippen molar-refractivity contribution in [2.75, 3.05) is 5.32 Å². The second-order valence-electron chi connectivity index (χ2n) is 9.43. The smallest absolute Gasteiger partial charge is 0.255 e. The van der Waals surface area contributed by atoms with Gasteiger partial charge in [-0.2, -0.15) is 0 Å². The van der Waals surface area contributed by atoms with E-state index in [1.54, 1.807) is 36.4 Å². The van der Waals surface area contributed by atoms with Crippen molar-refractivity contribution in [3.63, 3.8) is 0 Å². The lowest BCUT2D eigenvalue weighted by Crippen LogP contribution is -2.44. The van der Waals surface area contributed by atoms with Crippen LogP contribution < -0.4 is 5.32 Å². The van der Waals surface area contributed by atoms with Crippen LogP contribution in [0.3, 0.4) is 0 Å². The number of carbonyl (C=O) groups excluding carboxylic acids is 2. The number of hydrogen-bond acceptors (Lipinski definition) is 3. The summed E-state index contributed by atoms with van der Waals surface area (Å²) in [5.41, 5.74) is 7.22. The molecule has 0 bridgehead atoms. The molecule has 0 saturated carbocycles. The predicted octanol–water partition coefficient (Wildman–Crippen LogP) is 6.11. The lowest BCUT2D eigenvalue weighted by molar-refractivity contribution is -0.120. The molecule has 182 valence electrons. The van der Waals surface area contributed by atoms with Gasteiger partial charge in [0, 0.05) is 28.2 Å². The van der Waals surface area contributed by atoms with E-state index in [9.17, 15) is 9.59 Å². The van der Waals surface area contributed by atoms with Crippen LogP contribution in [-0.4, -0.2) is 32.7 Å². The highest BCUT2D eigenvalue weighted by molar-refractivity contribution is 6.06. The van der Waals surface area contributed by atoms with Crippen LogP contribution in [-0.2, 0) is 4.79 Å². The van der Waals surface area contributed by atoms with E-state index in [2.05, 4.69) is 52.5 Å². The van der Waals surface area contributed by atoms with Crippen LogP contribution in [0.25, 0.3) is 22.2 Å².